The van der Waals surface area contributed by atoms with E-state index in [1.54, 1.807) is 6.26 Å². The van der Waals surface area contributed by atoms with Crippen molar-refractivity contribution in [1.29, 1.82) is 0 Å². The predicted octanol–water partition coefficient (Wildman–Crippen LogP) is 1.68. The molecule has 0 aliphatic rings. The smallest absolute Gasteiger partial charge is 0.418 e. The number of H-pyrrole nitrogens is 1. The van der Waals surface area contributed by atoms with Crippen molar-refractivity contribution in [3.05, 3.63) is 51.4 Å². The summed E-state index contributed by atoms with van der Waals surface area (Å²) >= 11 is 0.999. The van der Waals surface area contributed by atoms with Crippen LogP contribution in [0.1, 0.15) is 21.5 Å². The molecule has 1 aromatic carbocycles. The summed E-state index contributed by atoms with van der Waals surface area (Å²) in [5, 5.41) is 11.8. The SMILES string of the molecule is CSc1nc(O)c(C(=O)Nc2ccc(/C(N)=C/N)cc2C(F)(F)F)c(=O)[nH]1. The van der Waals surface area contributed by atoms with Crippen molar-refractivity contribution in [2.24, 2.45) is 11.5 Å². The van der Waals surface area contributed by atoms with Gasteiger partial charge in [0.15, 0.2) is 10.7 Å². The number of benzene rings is 1. The maximum Gasteiger partial charge on any atom is 0.418 e. The number of halogens is 3. The normalized spacial score (nSPS) is 12.1. The number of nitrogens with one attached hydrogen (secondary N) is 2. The van der Waals surface area contributed by atoms with Gasteiger partial charge in [-0.2, -0.15) is 18.2 Å². The Kier molecular flexibility index (Phi) is 5.69. The Labute approximate surface area is 154 Å². The lowest BCUT2D eigenvalue weighted by atomic mass is 10.1. The fourth-order valence-corrected chi connectivity index (χ4v) is 2.46. The summed E-state index contributed by atoms with van der Waals surface area (Å²) in [7, 11) is 0. The number of thioether (sulfide) groups is 1. The number of hydrogen-bond donors (Lipinski definition) is 5. The summed E-state index contributed by atoms with van der Waals surface area (Å²) < 4.78 is 40.0. The number of aromatic hydroxyl groups is 1. The first-order chi connectivity index (χ1) is 12.6. The van der Waals surface area contributed by atoms with Crippen LogP contribution in [0.15, 0.2) is 34.4 Å². The van der Waals surface area contributed by atoms with Gasteiger partial charge in [0.25, 0.3) is 11.5 Å². The molecular formula is C15H14F3N5O3S. The number of aromatic nitrogens is 2. The van der Waals surface area contributed by atoms with Gasteiger partial charge in [0.2, 0.25) is 5.88 Å². The first-order valence-electron chi connectivity index (χ1n) is 7.16. The van der Waals surface area contributed by atoms with Gasteiger partial charge in [0.05, 0.1) is 16.9 Å². The van der Waals surface area contributed by atoms with Crippen LogP contribution in [0.25, 0.3) is 5.70 Å². The molecule has 0 saturated carbocycles. The first-order valence-corrected chi connectivity index (χ1v) is 8.38. The van der Waals surface area contributed by atoms with Crippen LogP contribution in [0.2, 0.25) is 0 Å². The molecule has 27 heavy (non-hydrogen) atoms. The lowest BCUT2D eigenvalue weighted by Gasteiger charge is -2.15. The zero-order valence-electron chi connectivity index (χ0n) is 13.7. The highest BCUT2D eigenvalue weighted by molar-refractivity contribution is 7.98. The van der Waals surface area contributed by atoms with E-state index in [0.717, 1.165) is 24.0 Å². The molecule has 0 fully saturated rings. The number of carbonyl (C=O) groups excluding carboxylic acids is 1. The second kappa shape index (κ2) is 7.61. The van der Waals surface area contributed by atoms with E-state index >= 15 is 0 Å². The molecule has 0 bridgehead atoms. The summed E-state index contributed by atoms with van der Waals surface area (Å²) in [6.07, 6.45) is -2.33. The average Bonchev–Trinajstić information content (AvgIpc) is 2.59. The number of nitrogens with zero attached hydrogens (tertiary/aromatic N) is 1. The second-order valence-electron chi connectivity index (χ2n) is 5.11. The third-order valence-corrected chi connectivity index (χ3v) is 3.97. The second-order valence-corrected chi connectivity index (χ2v) is 5.90. The van der Waals surface area contributed by atoms with Gasteiger partial charge in [-0.1, -0.05) is 17.8 Å². The number of aromatic amines is 1. The van der Waals surface area contributed by atoms with Crippen molar-refractivity contribution in [3.63, 3.8) is 0 Å². The van der Waals surface area contributed by atoms with Crippen LogP contribution in [0.5, 0.6) is 5.88 Å². The van der Waals surface area contributed by atoms with Crippen molar-refractivity contribution < 1.29 is 23.1 Å². The third-order valence-electron chi connectivity index (χ3n) is 3.39. The first kappa shape index (κ1) is 20.2. The Morgan fingerprint density at radius 1 is 1.41 bits per heavy atom. The number of anilines is 1. The molecule has 2 rings (SSSR count). The topological polar surface area (TPSA) is 147 Å². The molecule has 1 amide bonds. The van der Waals surface area contributed by atoms with Crippen molar-refractivity contribution in [1.82, 2.24) is 9.97 Å². The van der Waals surface area contributed by atoms with Gasteiger partial charge in [0, 0.05) is 6.20 Å². The van der Waals surface area contributed by atoms with Crippen LogP contribution in [0, 0.1) is 0 Å². The summed E-state index contributed by atoms with van der Waals surface area (Å²) in [6.45, 7) is 0. The van der Waals surface area contributed by atoms with E-state index in [1.807, 2.05) is 5.32 Å². The molecule has 0 radical (unpaired) electrons. The Morgan fingerprint density at radius 3 is 2.59 bits per heavy atom. The zero-order chi connectivity index (χ0) is 20.4. The molecule has 12 heteroatoms. The van der Waals surface area contributed by atoms with Crippen LogP contribution in [-0.4, -0.2) is 27.2 Å². The molecule has 8 nitrogen and oxygen atoms in total. The van der Waals surface area contributed by atoms with E-state index in [-0.39, 0.29) is 16.4 Å². The van der Waals surface area contributed by atoms with E-state index in [9.17, 15) is 27.9 Å². The Morgan fingerprint density at radius 2 is 2.07 bits per heavy atom. The van der Waals surface area contributed by atoms with Crippen LogP contribution < -0.4 is 22.3 Å². The minimum Gasteiger partial charge on any atom is -0.493 e. The molecule has 0 saturated heterocycles. The van der Waals surface area contributed by atoms with Gasteiger partial charge in [-0.3, -0.25) is 9.59 Å². The third kappa shape index (κ3) is 4.34. The number of alkyl halides is 3. The van der Waals surface area contributed by atoms with Crippen molar-refractivity contribution in [3.8, 4) is 5.88 Å². The molecule has 0 spiro atoms. The number of carbonyl (C=O) groups is 1. The average molecular weight is 401 g/mol. The summed E-state index contributed by atoms with van der Waals surface area (Å²) in [5.74, 6) is -2.16. The van der Waals surface area contributed by atoms with Crippen molar-refractivity contribution in [2.45, 2.75) is 11.3 Å². The Bertz CT molecular complexity index is 972. The molecular weight excluding hydrogens is 387 g/mol. The van der Waals surface area contributed by atoms with E-state index in [4.69, 9.17) is 11.5 Å². The van der Waals surface area contributed by atoms with E-state index < -0.39 is 40.3 Å². The maximum absolute atomic E-state index is 13.3. The summed E-state index contributed by atoms with van der Waals surface area (Å²) in [4.78, 5) is 30.0. The van der Waals surface area contributed by atoms with Gasteiger partial charge in [-0.25, -0.2) is 0 Å². The fourth-order valence-electron chi connectivity index (χ4n) is 2.09. The fraction of sp³-hybridized carbons (Fsp3) is 0.133. The van der Waals surface area contributed by atoms with Gasteiger partial charge in [-0.15, -0.1) is 0 Å². The Balaban J connectivity index is 2.48. The van der Waals surface area contributed by atoms with E-state index in [0.29, 0.717) is 6.07 Å². The van der Waals surface area contributed by atoms with Crippen LogP contribution in [-0.2, 0) is 6.18 Å². The van der Waals surface area contributed by atoms with E-state index in [1.165, 1.54) is 6.07 Å². The molecule has 0 aliphatic carbocycles. The van der Waals surface area contributed by atoms with E-state index in [2.05, 4.69) is 9.97 Å². The van der Waals surface area contributed by atoms with Crippen LogP contribution >= 0.6 is 11.8 Å². The highest BCUT2D eigenvalue weighted by atomic mass is 32.2. The Hall–Kier alpha value is -3.15. The summed E-state index contributed by atoms with van der Waals surface area (Å²) in [6, 6.07) is 2.87. The monoisotopic (exact) mass is 401 g/mol. The van der Waals surface area contributed by atoms with Crippen molar-refractivity contribution >= 4 is 29.1 Å². The molecule has 144 valence electrons. The largest absolute Gasteiger partial charge is 0.493 e. The van der Waals surface area contributed by atoms with Gasteiger partial charge in [0.1, 0.15) is 0 Å². The molecule has 0 unspecified atom stereocenters. The maximum atomic E-state index is 13.3. The number of amides is 1. The molecule has 1 heterocycles. The van der Waals surface area contributed by atoms with Crippen LogP contribution in [0.4, 0.5) is 18.9 Å². The molecule has 0 atom stereocenters. The number of hydrogen-bond acceptors (Lipinski definition) is 7. The molecule has 7 N–H and O–H groups in total. The van der Waals surface area contributed by atoms with Gasteiger partial charge < -0.3 is 26.9 Å². The lowest BCUT2D eigenvalue weighted by molar-refractivity contribution is -0.136. The van der Waals surface area contributed by atoms with Crippen LogP contribution in [0.3, 0.4) is 0 Å². The highest BCUT2D eigenvalue weighted by Crippen LogP contribution is 2.36. The lowest BCUT2D eigenvalue weighted by Crippen LogP contribution is -2.25. The predicted molar refractivity (Wildman–Crippen MR) is 94.1 cm³/mol. The number of nitrogens with two attached hydrogens (primary N) is 2. The highest BCUT2D eigenvalue weighted by Gasteiger charge is 2.35. The number of rotatable bonds is 4. The van der Waals surface area contributed by atoms with Gasteiger partial charge >= 0.3 is 6.18 Å². The minimum absolute atomic E-state index is 0.00508. The molecule has 0 aliphatic heterocycles. The zero-order valence-corrected chi connectivity index (χ0v) is 14.5. The molecule has 2 aromatic rings. The summed E-state index contributed by atoms with van der Waals surface area (Å²) in [5.41, 5.74) is 6.97. The molecule has 1 aromatic heterocycles. The van der Waals surface area contributed by atoms with Crippen molar-refractivity contribution in [2.75, 3.05) is 11.6 Å². The standard InChI is InChI=1S/C15H14F3N5O3S/c1-27-14-22-12(25)10(13(26)23-14)11(24)21-9-3-2-6(8(20)5-19)4-7(9)15(16,17)18/h2-5H,19-20H2,1H3,(H,21,24)(H2,22,23,25,26)/b8-5-. The van der Waals surface area contributed by atoms with Gasteiger partial charge in [-0.05, 0) is 24.0 Å². The minimum atomic E-state index is -4.83. The quantitative estimate of drug-likeness (QED) is 0.387.